The van der Waals surface area contributed by atoms with Crippen molar-refractivity contribution < 1.29 is 9.90 Å². The van der Waals surface area contributed by atoms with E-state index >= 15 is 0 Å². The Hall–Kier alpha value is -1.13. The van der Waals surface area contributed by atoms with Gasteiger partial charge in [-0.3, -0.25) is 4.79 Å². The van der Waals surface area contributed by atoms with Gasteiger partial charge >= 0.3 is 0 Å². The zero-order chi connectivity index (χ0) is 12.3. The van der Waals surface area contributed by atoms with Gasteiger partial charge in [-0.25, -0.2) is 4.98 Å². The van der Waals surface area contributed by atoms with Crippen LogP contribution in [0.4, 0.5) is 0 Å². The highest BCUT2D eigenvalue weighted by atomic mass is 35.5. The molecule has 4 nitrogen and oxygen atoms in total. The second-order valence-corrected chi connectivity index (χ2v) is 4.72. The van der Waals surface area contributed by atoms with Crippen molar-refractivity contribution in [2.24, 2.45) is 5.92 Å². The Morgan fingerprint density at radius 1 is 1.59 bits per heavy atom. The van der Waals surface area contributed by atoms with Crippen LogP contribution >= 0.6 is 11.6 Å². The average molecular weight is 255 g/mol. The van der Waals surface area contributed by atoms with Gasteiger partial charge in [0.1, 0.15) is 5.69 Å². The lowest BCUT2D eigenvalue weighted by molar-refractivity contribution is 0.0779. The lowest BCUT2D eigenvalue weighted by Gasteiger charge is -2.15. The molecule has 1 aromatic rings. The first-order valence-electron chi connectivity index (χ1n) is 5.72. The van der Waals surface area contributed by atoms with Gasteiger partial charge in [0.2, 0.25) is 0 Å². The fourth-order valence-electron chi connectivity index (χ4n) is 2.10. The number of aliphatic hydroxyl groups excluding tert-OH is 1. The minimum atomic E-state index is -0.0536. The molecule has 1 saturated heterocycles. The van der Waals surface area contributed by atoms with Gasteiger partial charge in [0.15, 0.2) is 0 Å². The molecule has 0 aromatic carbocycles. The third-order valence-corrected chi connectivity index (χ3v) is 3.28. The van der Waals surface area contributed by atoms with E-state index in [0.29, 0.717) is 23.2 Å². The summed E-state index contributed by atoms with van der Waals surface area (Å²) in [4.78, 5) is 17.9. The Bertz CT molecular complexity index is 394. The molecule has 17 heavy (non-hydrogen) atoms. The summed E-state index contributed by atoms with van der Waals surface area (Å²) in [7, 11) is 0. The molecule has 1 atom stereocenters. The highest BCUT2D eigenvalue weighted by molar-refractivity contribution is 6.30. The third-order valence-electron chi connectivity index (χ3n) is 3.06. The van der Waals surface area contributed by atoms with E-state index in [-0.39, 0.29) is 12.5 Å². The molecule has 2 heterocycles. The molecule has 1 aliphatic rings. The standard InChI is InChI=1S/C12H15ClN2O2/c13-10-1-2-11(14-7-10)12(17)15-5-3-9(8-15)4-6-16/h1-2,7,9,16H,3-6,8H2. The van der Waals surface area contributed by atoms with Gasteiger partial charge in [-0.2, -0.15) is 0 Å². The van der Waals surface area contributed by atoms with Gasteiger partial charge in [0.05, 0.1) is 5.02 Å². The van der Waals surface area contributed by atoms with Crippen LogP contribution in [-0.2, 0) is 0 Å². The molecule has 0 spiro atoms. The average Bonchev–Trinajstić information content (AvgIpc) is 2.78. The van der Waals surface area contributed by atoms with Crippen molar-refractivity contribution in [3.8, 4) is 0 Å². The number of hydrogen-bond donors (Lipinski definition) is 1. The highest BCUT2D eigenvalue weighted by Gasteiger charge is 2.26. The zero-order valence-electron chi connectivity index (χ0n) is 9.47. The third kappa shape index (κ3) is 2.96. The highest BCUT2D eigenvalue weighted by Crippen LogP contribution is 2.20. The fraction of sp³-hybridized carbons (Fsp3) is 0.500. The van der Waals surface area contributed by atoms with E-state index in [0.717, 1.165) is 19.4 Å². The smallest absolute Gasteiger partial charge is 0.272 e. The maximum atomic E-state index is 12.1. The number of aromatic nitrogens is 1. The lowest BCUT2D eigenvalue weighted by Crippen LogP contribution is -2.29. The first-order chi connectivity index (χ1) is 8.20. The minimum Gasteiger partial charge on any atom is -0.396 e. The van der Waals surface area contributed by atoms with Crippen molar-refractivity contribution in [1.82, 2.24) is 9.88 Å². The topological polar surface area (TPSA) is 53.4 Å². The predicted molar refractivity (Wildman–Crippen MR) is 65.0 cm³/mol. The summed E-state index contributed by atoms with van der Waals surface area (Å²) in [5.74, 6) is 0.360. The Kier molecular flexibility index (Phi) is 3.97. The van der Waals surface area contributed by atoms with Gasteiger partial charge in [-0.15, -0.1) is 0 Å². The van der Waals surface area contributed by atoms with Crippen LogP contribution in [0.15, 0.2) is 18.3 Å². The summed E-state index contributed by atoms with van der Waals surface area (Å²) in [5, 5.41) is 9.40. The van der Waals surface area contributed by atoms with Crippen molar-refractivity contribution >= 4 is 17.5 Å². The summed E-state index contributed by atoms with van der Waals surface area (Å²) >= 11 is 5.73. The number of carbonyl (C=O) groups is 1. The second-order valence-electron chi connectivity index (χ2n) is 4.28. The largest absolute Gasteiger partial charge is 0.396 e. The van der Waals surface area contributed by atoms with Crippen LogP contribution in [0.2, 0.25) is 5.02 Å². The Morgan fingerprint density at radius 2 is 2.41 bits per heavy atom. The molecule has 1 N–H and O–H groups in total. The van der Waals surface area contributed by atoms with Crippen LogP contribution < -0.4 is 0 Å². The summed E-state index contributed by atoms with van der Waals surface area (Å²) in [6.45, 7) is 1.64. The minimum absolute atomic E-state index is 0.0536. The molecular formula is C12H15ClN2O2. The van der Waals surface area contributed by atoms with Crippen LogP contribution in [-0.4, -0.2) is 40.6 Å². The Labute approximate surface area is 105 Å². The van der Waals surface area contributed by atoms with E-state index in [2.05, 4.69) is 4.98 Å². The molecule has 0 radical (unpaired) electrons. The number of amides is 1. The number of hydrogen-bond acceptors (Lipinski definition) is 3. The molecule has 0 bridgehead atoms. The van der Waals surface area contributed by atoms with Gasteiger partial charge < -0.3 is 10.0 Å². The van der Waals surface area contributed by atoms with Crippen LogP contribution in [0.5, 0.6) is 0 Å². The van der Waals surface area contributed by atoms with E-state index in [1.54, 1.807) is 17.0 Å². The number of pyridine rings is 1. The number of likely N-dealkylation sites (tertiary alicyclic amines) is 1. The van der Waals surface area contributed by atoms with Crippen molar-refractivity contribution in [2.45, 2.75) is 12.8 Å². The zero-order valence-corrected chi connectivity index (χ0v) is 10.2. The Balaban J connectivity index is 1.99. The first kappa shape index (κ1) is 12.3. The Morgan fingerprint density at radius 3 is 3.06 bits per heavy atom. The quantitative estimate of drug-likeness (QED) is 0.891. The monoisotopic (exact) mass is 254 g/mol. The first-order valence-corrected chi connectivity index (χ1v) is 6.10. The summed E-state index contributed by atoms with van der Waals surface area (Å²) in [6, 6.07) is 3.31. The number of carbonyl (C=O) groups excluding carboxylic acids is 1. The molecule has 92 valence electrons. The second kappa shape index (κ2) is 5.47. The van der Waals surface area contributed by atoms with Gasteiger partial charge in [-0.05, 0) is 30.9 Å². The van der Waals surface area contributed by atoms with Crippen molar-refractivity contribution in [3.05, 3.63) is 29.0 Å². The maximum Gasteiger partial charge on any atom is 0.272 e. The molecule has 2 rings (SSSR count). The molecule has 5 heteroatoms. The predicted octanol–water partition coefficient (Wildman–Crippen LogP) is 1.58. The van der Waals surface area contributed by atoms with Crippen LogP contribution in [0.3, 0.4) is 0 Å². The number of nitrogens with zero attached hydrogens (tertiary/aromatic N) is 2. The van der Waals surface area contributed by atoms with Crippen molar-refractivity contribution in [2.75, 3.05) is 19.7 Å². The molecule has 1 unspecified atom stereocenters. The number of aliphatic hydroxyl groups is 1. The summed E-state index contributed by atoms with van der Waals surface area (Å²) in [5.41, 5.74) is 0.430. The summed E-state index contributed by atoms with van der Waals surface area (Å²) in [6.07, 6.45) is 3.20. The normalized spacial score (nSPS) is 19.6. The number of rotatable bonds is 3. The van der Waals surface area contributed by atoms with Crippen LogP contribution in [0, 0.1) is 5.92 Å². The molecule has 1 fully saturated rings. The lowest BCUT2D eigenvalue weighted by atomic mass is 10.1. The molecule has 0 saturated carbocycles. The van der Waals surface area contributed by atoms with Crippen LogP contribution in [0.25, 0.3) is 0 Å². The molecule has 1 aliphatic heterocycles. The maximum absolute atomic E-state index is 12.1. The molecule has 1 aromatic heterocycles. The van der Waals surface area contributed by atoms with E-state index < -0.39 is 0 Å². The van der Waals surface area contributed by atoms with Gasteiger partial charge in [0.25, 0.3) is 5.91 Å². The van der Waals surface area contributed by atoms with E-state index in [1.807, 2.05) is 0 Å². The van der Waals surface area contributed by atoms with Gasteiger partial charge in [0, 0.05) is 25.9 Å². The number of halogens is 1. The van der Waals surface area contributed by atoms with E-state index in [4.69, 9.17) is 16.7 Å². The molecule has 0 aliphatic carbocycles. The van der Waals surface area contributed by atoms with Crippen molar-refractivity contribution in [1.29, 1.82) is 0 Å². The van der Waals surface area contributed by atoms with Crippen molar-refractivity contribution in [3.63, 3.8) is 0 Å². The molecule has 1 amide bonds. The fourth-order valence-corrected chi connectivity index (χ4v) is 2.21. The van der Waals surface area contributed by atoms with E-state index in [9.17, 15) is 4.79 Å². The van der Waals surface area contributed by atoms with E-state index in [1.165, 1.54) is 6.20 Å². The SMILES string of the molecule is O=C(c1ccc(Cl)cn1)N1CCC(CCO)C1. The van der Waals surface area contributed by atoms with Crippen LogP contribution in [0.1, 0.15) is 23.3 Å². The molecular weight excluding hydrogens is 240 g/mol. The van der Waals surface area contributed by atoms with Gasteiger partial charge in [-0.1, -0.05) is 11.6 Å². The summed E-state index contributed by atoms with van der Waals surface area (Å²) < 4.78 is 0.